The number of aromatic nitrogens is 1. The molecule has 1 amide bonds. The molecule has 0 radical (unpaired) electrons. The van der Waals surface area contributed by atoms with E-state index in [9.17, 15) is 19.7 Å². The number of methoxy groups -OCH3 is 1. The number of likely N-dealkylation sites (N-methyl/N-ethyl adjacent to an activating group) is 1. The summed E-state index contributed by atoms with van der Waals surface area (Å²) in [6.45, 7) is 6.66. The smallest absolute Gasteiger partial charge is 0.271 e. The summed E-state index contributed by atoms with van der Waals surface area (Å²) in [5.41, 5.74) is 1.99. The van der Waals surface area contributed by atoms with Gasteiger partial charge in [0.2, 0.25) is 0 Å². The molecule has 0 spiro atoms. The Morgan fingerprint density at radius 2 is 1.82 bits per heavy atom. The minimum absolute atomic E-state index is 0.0307. The van der Waals surface area contributed by atoms with Crippen LogP contribution in [0, 0.1) is 10.1 Å². The van der Waals surface area contributed by atoms with Crippen molar-refractivity contribution in [3.8, 4) is 5.75 Å². The fraction of sp³-hybridized carbons (Fsp3) is 0.233. The van der Waals surface area contributed by atoms with Crippen molar-refractivity contribution in [1.29, 1.82) is 0 Å². The summed E-state index contributed by atoms with van der Waals surface area (Å²) < 4.78 is 7.80. The molecule has 204 valence electrons. The molecule has 0 bridgehead atoms. The monoisotopic (exact) mass is 556 g/mol. The van der Waals surface area contributed by atoms with Crippen LogP contribution in [0.25, 0.3) is 16.8 Å². The number of carbonyl (C=O) groups is 1. The van der Waals surface area contributed by atoms with Crippen molar-refractivity contribution < 1.29 is 14.5 Å². The Morgan fingerprint density at radius 3 is 2.48 bits per heavy atom. The van der Waals surface area contributed by atoms with Gasteiger partial charge in [0.1, 0.15) is 11.8 Å². The van der Waals surface area contributed by atoms with Gasteiger partial charge in [0.25, 0.3) is 17.2 Å². The lowest BCUT2D eigenvalue weighted by Crippen LogP contribution is -2.43. The fourth-order valence-electron chi connectivity index (χ4n) is 5.13. The first-order valence-electron chi connectivity index (χ1n) is 12.9. The van der Waals surface area contributed by atoms with E-state index in [-0.39, 0.29) is 17.2 Å². The van der Waals surface area contributed by atoms with Crippen LogP contribution < -0.4 is 19.6 Å². The number of nitro groups is 1. The Labute approximate surface area is 234 Å². The summed E-state index contributed by atoms with van der Waals surface area (Å²) in [6, 6.07) is 16.9. The molecule has 2 heterocycles. The lowest BCUT2D eigenvalue weighted by Gasteiger charge is -2.30. The molecule has 0 aliphatic carbocycles. The Hall–Kier alpha value is -4.57. The summed E-state index contributed by atoms with van der Waals surface area (Å²) in [4.78, 5) is 45.6. The zero-order valence-electron chi connectivity index (χ0n) is 22.6. The predicted octanol–water partition coefficient (Wildman–Crippen LogP) is 4.17. The number of nitrogens with zero attached hydrogens (tertiary/aromatic N) is 4. The number of ether oxygens (including phenoxy) is 1. The standard InChI is InChI=1S/C30H28N4O5S/c1-5-32(6-2)29(36)25-18(3)31-30-33(27(25)26-22-10-8-7-9-20(22)13-16-23(26)39-4)28(35)24(40-30)17-19-11-14-21(15-12-19)34(37)38/h7-17,27H,5-6H2,1-4H3/b24-17+/t27-/m0/s1. The maximum atomic E-state index is 14.1. The van der Waals surface area contributed by atoms with Gasteiger partial charge in [-0.3, -0.25) is 24.3 Å². The number of hydrogen-bond donors (Lipinski definition) is 0. The largest absolute Gasteiger partial charge is 0.496 e. The van der Waals surface area contributed by atoms with E-state index >= 15 is 0 Å². The van der Waals surface area contributed by atoms with Crippen LogP contribution in [-0.4, -0.2) is 40.5 Å². The highest BCUT2D eigenvalue weighted by molar-refractivity contribution is 7.07. The molecule has 5 rings (SSSR count). The van der Waals surface area contributed by atoms with Crippen molar-refractivity contribution in [1.82, 2.24) is 9.47 Å². The lowest BCUT2D eigenvalue weighted by atomic mass is 9.90. The number of non-ortho nitro benzene ring substituents is 1. The highest BCUT2D eigenvalue weighted by atomic mass is 32.1. The molecule has 1 aliphatic heterocycles. The highest BCUT2D eigenvalue weighted by Crippen LogP contribution is 2.40. The highest BCUT2D eigenvalue weighted by Gasteiger charge is 2.36. The topological polar surface area (TPSA) is 107 Å². The normalized spacial score (nSPS) is 15.1. The molecule has 0 saturated carbocycles. The molecule has 0 unspecified atom stereocenters. The van der Waals surface area contributed by atoms with Crippen LogP contribution in [0.15, 0.2) is 81.7 Å². The van der Waals surface area contributed by atoms with Crippen LogP contribution in [0.2, 0.25) is 0 Å². The number of carbonyl (C=O) groups excluding carboxylic acids is 1. The van der Waals surface area contributed by atoms with Crippen molar-refractivity contribution in [2.45, 2.75) is 26.8 Å². The third-order valence-corrected chi connectivity index (χ3v) is 8.11. The average molecular weight is 557 g/mol. The van der Waals surface area contributed by atoms with E-state index < -0.39 is 11.0 Å². The van der Waals surface area contributed by atoms with Gasteiger partial charge in [0.15, 0.2) is 4.80 Å². The second-order valence-corrected chi connectivity index (χ2v) is 10.3. The summed E-state index contributed by atoms with van der Waals surface area (Å²) >= 11 is 1.22. The Bertz CT molecular complexity index is 1850. The number of amides is 1. The van der Waals surface area contributed by atoms with Gasteiger partial charge in [0.05, 0.1) is 27.8 Å². The number of allylic oxidation sites excluding steroid dienone is 1. The van der Waals surface area contributed by atoms with E-state index in [2.05, 4.69) is 0 Å². The zero-order chi connectivity index (χ0) is 28.6. The third kappa shape index (κ3) is 4.60. The molecular formula is C30H28N4O5S. The number of fused-ring (bicyclic) bond motifs is 2. The second kappa shape index (κ2) is 10.9. The van der Waals surface area contributed by atoms with Gasteiger partial charge in [-0.05, 0) is 61.4 Å². The zero-order valence-corrected chi connectivity index (χ0v) is 23.4. The van der Waals surface area contributed by atoms with E-state index in [1.807, 2.05) is 50.2 Å². The van der Waals surface area contributed by atoms with E-state index in [1.165, 1.54) is 23.5 Å². The SMILES string of the molecule is CCN(CC)C(=O)C1=C(C)N=c2s/c(=C/c3ccc([N+](=O)[O-])cc3)c(=O)n2[C@@H]1c1c(OC)ccc2ccccc12. The maximum absolute atomic E-state index is 14.1. The maximum Gasteiger partial charge on any atom is 0.271 e. The van der Waals surface area contributed by atoms with Gasteiger partial charge in [-0.1, -0.05) is 41.7 Å². The Balaban J connectivity index is 1.81. The van der Waals surface area contributed by atoms with Crippen molar-refractivity contribution in [3.63, 3.8) is 0 Å². The average Bonchev–Trinajstić information content (AvgIpc) is 3.26. The fourth-order valence-corrected chi connectivity index (χ4v) is 6.18. The molecule has 4 aromatic rings. The summed E-state index contributed by atoms with van der Waals surface area (Å²) in [5.74, 6) is 0.379. The molecule has 9 nitrogen and oxygen atoms in total. The summed E-state index contributed by atoms with van der Waals surface area (Å²) in [5, 5.41) is 12.9. The minimum Gasteiger partial charge on any atom is -0.496 e. The molecule has 0 saturated heterocycles. The van der Waals surface area contributed by atoms with Crippen LogP contribution >= 0.6 is 11.3 Å². The summed E-state index contributed by atoms with van der Waals surface area (Å²) in [6.07, 6.45) is 1.69. The van der Waals surface area contributed by atoms with Gasteiger partial charge in [-0.2, -0.15) is 0 Å². The first-order chi connectivity index (χ1) is 19.3. The molecule has 0 fully saturated rings. The minimum atomic E-state index is -0.774. The van der Waals surface area contributed by atoms with Crippen LogP contribution in [0.5, 0.6) is 5.75 Å². The number of hydrogen-bond acceptors (Lipinski definition) is 7. The van der Waals surface area contributed by atoms with Crippen molar-refractivity contribution in [2.75, 3.05) is 20.2 Å². The van der Waals surface area contributed by atoms with E-state index in [0.717, 1.165) is 10.8 Å². The van der Waals surface area contributed by atoms with Gasteiger partial charge < -0.3 is 9.64 Å². The van der Waals surface area contributed by atoms with E-state index in [4.69, 9.17) is 9.73 Å². The van der Waals surface area contributed by atoms with E-state index in [0.29, 0.717) is 50.6 Å². The number of nitro benzene ring substituents is 1. The number of benzene rings is 3. The molecular weight excluding hydrogens is 528 g/mol. The predicted molar refractivity (Wildman–Crippen MR) is 155 cm³/mol. The van der Waals surface area contributed by atoms with Gasteiger partial charge in [0, 0.05) is 30.8 Å². The molecule has 0 N–H and O–H groups in total. The van der Waals surface area contributed by atoms with Crippen LogP contribution in [0.1, 0.15) is 37.9 Å². The van der Waals surface area contributed by atoms with Gasteiger partial charge in [-0.25, -0.2) is 4.99 Å². The van der Waals surface area contributed by atoms with Crippen LogP contribution in [-0.2, 0) is 4.79 Å². The number of rotatable bonds is 7. The van der Waals surface area contributed by atoms with Crippen molar-refractivity contribution in [2.24, 2.45) is 4.99 Å². The van der Waals surface area contributed by atoms with E-state index in [1.54, 1.807) is 41.7 Å². The molecule has 1 atom stereocenters. The van der Waals surface area contributed by atoms with Crippen molar-refractivity contribution in [3.05, 3.63) is 113 Å². The lowest BCUT2D eigenvalue weighted by molar-refractivity contribution is -0.384. The van der Waals surface area contributed by atoms with Crippen LogP contribution in [0.3, 0.4) is 0 Å². The Kier molecular flexibility index (Phi) is 7.36. The molecule has 10 heteroatoms. The van der Waals surface area contributed by atoms with Gasteiger partial charge >= 0.3 is 0 Å². The molecule has 3 aromatic carbocycles. The van der Waals surface area contributed by atoms with Gasteiger partial charge in [-0.15, -0.1) is 0 Å². The molecule has 40 heavy (non-hydrogen) atoms. The molecule has 1 aliphatic rings. The number of thiazole rings is 1. The molecule has 1 aromatic heterocycles. The Morgan fingerprint density at radius 1 is 1.12 bits per heavy atom. The quantitative estimate of drug-likeness (QED) is 0.251. The van der Waals surface area contributed by atoms with Crippen molar-refractivity contribution >= 4 is 39.8 Å². The van der Waals surface area contributed by atoms with Crippen LogP contribution in [0.4, 0.5) is 5.69 Å². The summed E-state index contributed by atoms with van der Waals surface area (Å²) in [7, 11) is 1.58. The first kappa shape index (κ1) is 27.0. The first-order valence-corrected chi connectivity index (χ1v) is 13.7. The third-order valence-electron chi connectivity index (χ3n) is 7.13. The second-order valence-electron chi connectivity index (χ2n) is 9.31.